The van der Waals surface area contributed by atoms with Gasteiger partial charge in [-0.25, -0.2) is 9.78 Å². The van der Waals surface area contributed by atoms with E-state index in [1.807, 2.05) is 51.1 Å². The van der Waals surface area contributed by atoms with Gasteiger partial charge in [0, 0.05) is 30.9 Å². The molecule has 2 aromatic rings. The van der Waals surface area contributed by atoms with Crippen molar-refractivity contribution < 1.29 is 23.9 Å². The van der Waals surface area contributed by atoms with Gasteiger partial charge in [0.1, 0.15) is 11.3 Å². The van der Waals surface area contributed by atoms with Gasteiger partial charge in [-0.2, -0.15) is 0 Å². The highest BCUT2D eigenvalue weighted by atomic mass is 32.1. The highest BCUT2D eigenvalue weighted by Gasteiger charge is 2.28. The maximum absolute atomic E-state index is 13.1. The second-order valence-electron chi connectivity index (χ2n) is 11.1. The van der Waals surface area contributed by atoms with Crippen molar-refractivity contribution in [1.29, 1.82) is 0 Å². The van der Waals surface area contributed by atoms with Gasteiger partial charge in [-0.3, -0.25) is 9.59 Å². The predicted octanol–water partition coefficient (Wildman–Crippen LogP) is 5.51. The van der Waals surface area contributed by atoms with E-state index in [-0.39, 0.29) is 41.9 Å². The fourth-order valence-electron chi connectivity index (χ4n) is 4.32. The lowest BCUT2D eigenvalue weighted by molar-refractivity contribution is -0.145. The molecule has 1 aromatic heterocycles. The maximum atomic E-state index is 13.1. The zero-order valence-corrected chi connectivity index (χ0v) is 24.8. The summed E-state index contributed by atoms with van der Waals surface area (Å²) in [4.78, 5) is 43.9. The number of rotatable bonds is 12. The first-order valence-electron chi connectivity index (χ1n) is 13.1. The molecule has 2 amide bonds. The van der Waals surface area contributed by atoms with Crippen LogP contribution in [0.3, 0.4) is 0 Å². The number of ether oxygens (including phenoxy) is 2. The van der Waals surface area contributed by atoms with Crippen molar-refractivity contribution in [2.24, 2.45) is 11.8 Å². The third-order valence-electron chi connectivity index (χ3n) is 6.29. The van der Waals surface area contributed by atoms with Crippen LogP contribution in [0, 0.1) is 11.8 Å². The van der Waals surface area contributed by atoms with Crippen molar-refractivity contribution in [3.05, 3.63) is 52.0 Å². The molecule has 3 atom stereocenters. The number of nitrogens with zero attached hydrogens (tertiary/aromatic N) is 2. The van der Waals surface area contributed by atoms with Crippen LogP contribution in [0.2, 0.25) is 0 Å². The molecule has 38 heavy (non-hydrogen) atoms. The van der Waals surface area contributed by atoms with Gasteiger partial charge in [0.25, 0.3) is 5.91 Å². The number of benzene rings is 1. The molecule has 9 heteroatoms. The van der Waals surface area contributed by atoms with E-state index in [9.17, 15) is 14.4 Å². The third kappa shape index (κ3) is 10.1. The Morgan fingerprint density at radius 1 is 1.11 bits per heavy atom. The van der Waals surface area contributed by atoms with Crippen LogP contribution in [-0.4, -0.2) is 59.7 Å². The summed E-state index contributed by atoms with van der Waals surface area (Å²) >= 11 is 1.43. The summed E-state index contributed by atoms with van der Waals surface area (Å²) in [5, 5.41) is 5.67. The first-order valence-corrected chi connectivity index (χ1v) is 14.0. The Labute approximate surface area is 231 Å². The minimum absolute atomic E-state index is 0.0268. The summed E-state index contributed by atoms with van der Waals surface area (Å²) < 4.78 is 10.4. The lowest BCUT2D eigenvalue weighted by atomic mass is 9.96. The quantitative estimate of drug-likeness (QED) is 0.353. The monoisotopic (exact) mass is 545 g/mol. The average molecular weight is 546 g/mol. The minimum Gasteiger partial charge on any atom is -0.469 e. The SMILES string of the molecule is COC(=O)[C@H](C)C[C@H](Cc1ccccc1)NC(=O)c1csc(CC[C@@H](C(C)C)N(C)C(=O)OC(C)(C)C)n1. The molecule has 2 rings (SSSR count). The van der Waals surface area contributed by atoms with Crippen LogP contribution in [0.4, 0.5) is 4.79 Å². The molecule has 0 aliphatic rings. The topological polar surface area (TPSA) is 97.8 Å². The summed E-state index contributed by atoms with van der Waals surface area (Å²) in [5.41, 5.74) is 0.871. The number of esters is 1. The van der Waals surface area contributed by atoms with Gasteiger partial charge in [0.2, 0.25) is 0 Å². The summed E-state index contributed by atoms with van der Waals surface area (Å²) in [6, 6.07) is 9.58. The van der Waals surface area contributed by atoms with Gasteiger partial charge in [0.15, 0.2) is 0 Å². The molecule has 1 N–H and O–H groups in total. The highest BCUT2D eigenvalue weighted by Crippen LogP contribution is 2.21. The first-order chi connectivity index (χ1) is 17.8. The molecule has 0 bridgehead atoms. The van der Waals surface area contributed by atoms with Crippen LogP contribution < -0.4 is 5.32 Å². The number of aryl methyl sites for hydroxylation is 1. The Hall–Kier alpha value is -2.94. The number of hydrogen-bond acceptors (Lipinski definition) is 7. The number of hydrogen-bond donors (Lipinski definition) is 1. The van der Waals surface area contributed by atoms with Crippen molar-refractivity contribution >= 4 is 29.3 Å². The minimum atomic E-state index is -0.558. The molecule has 0 aliphatic heterocycles. The lowest BCUT2D eigenvalue weighted by Crippen LogP contribution is -2.43. The van der Waals surface area contributed by atoms with Gasteiger partial charge < -0.3 is 19.7 Å². The van der Waals surface area contributed by atoms with E-state index in [1.54, 1.807) is 24.3 Å². The molecule has 1 heterocycles. The summed E-state index contributed by atoms with van der Waals surface area (Å²) in [5.74, 6) is -0.693. The predicted molar refractivity (Wildman–Crippen MR) is 150 cm³/mol. The van der Waals surface area contributed by atoms with E-state index in [1.165, 1.54) is 18.4 Å². The van der Waals surface area contributed by atoms with Gasteiger partial charge in [0.05, 0.1) is 18.0 Å². The Morgan fingerprint density at radius 2 is 1.76 bits per heavy atom. The number of nitrogens with one attached hydrogen (secondary N) is 1. The van der Waals surface area contributed by atoms with Gasteiger partial charge >= 0.3 is 12.1 Å². The van der Waals surface area contributed by atoms with E-state index >= 15 is 0 Å². The van der Waals surface area contributed by atoms with Gasteiger partial charge in [-0.15, -0.1) is 11.3 Å². The zero-order chi connectivity index (χ0) is 28.5. The van der Waals surface area contributed by atoms with Crippen LogP contribution in [0.15, 0.2) is 35.7 Å². The van der Waals surface area contributed by atoms with E-state index in [2.05, 4.69) is 24.1 Å². The van der Waals surface area contributed by atoms with Crippen molar-refractivity contribution in [2.45, 2.75) is 84.9 Å². The van der Waals surface area contributed by atoms with Gasteiger partial charge in [-0.05, 0) is 51.5 Å². The summed E-state index contributed by atoms with van der Waals surface area (Å²) in [6.07, 6.45) is 2.05. The molecule has 210 valence electrons. The normalized spacial score (nSPS) is 13.9. The van der Waals surface area contributed by atoms with E-state index in [0.29, 0.717) is 31.4 Å². The molecule has 0 saturated heterocycles. The number of methoxy groups -OCH3 is 1. The Balaban J connectivity index is 2.05. The fourth-order valence-corrected chi connectivity index (χ4v) is 5.11. The molecule has 0 radical (unpaired) electrons. The molecular weight excluding hydrogens is 502 g/mol. The molecule has 8 nitrogen and oxygen atoms in total. The Bertz CT molecular complexity index is 1050. The smallest absolute Gasteiger partial charge is 0.410 e. The zero-order valence-electron chi connectivity index (χ0n) is 23.9. The molecule has 1 aromatic carbocycles. The van der Waals surface area contributed by atoms with Crippen molar-refractivity contribution in [2.75, 3.05) is 14.2 Å². The number of carbonyl (C=O) groups is 3. The number of thiazole rings is 1. The average Bonchev–Trinajstić information content (AvgIpc) is 3.32. The lowest BCUT2D eigenvalue weighted by Gasteiger charge is -2.33. The largest absolute Gasteiger partial charge is 0.469 e. The van der Waals surface area contributed by atoms with E-state index in [4.69, 9.17) is 9.47 Å². The van der Waals surface area contributed by atoms with Crippen LogP contribution in [0.5, 0.6) is 0 Å². The first kappa shape index (κ1) is 31.3. The fraction of sp³-hybridized carbons (Fsp3) is 0.586. The van der Waals surface area contributed by atoms with Crippen molar-refractivity contribution in [3.8, 4) is 0 Å². The van der Waals surface area contributed by atoms with Crippen molar-refractivity contribution in [3.63, 3.8) is 0 Å². The second kappa shape index (κ2) is 14.3. The molecule has 0 spiro atoms. The van der Waals surface area contributed by atoms with Crippen LogP contribution >= 0.6 is 11.3 Å². The number of carbonyl (C=O) groups excluding carboxylic acids is 3. The van der Waals surface area contributed by atoms with Crippen molar-refractivity contribution in [1.82, 2.24) is 15.2 Å². The van der Waals surface area contributed by atoms with E-state index in [0.717, 1.165) is 10.6 Å². The Morgan fingerprint density at radius 3 is 2.34 bits per heavy atom. The molecule has 0 unspecified atom stereocenters. The molecule has 0 fully saturated rings. The van der Waals surface area contributed by atoms with Gasteiger partial charge in [-0.1, -0.05) is 51.1 Å². The van der Waals surface area contributed by atoms with Crippen LogP contribution in [0.25, 0.3) is 0 Å². The summed E-state index contributed by atoms with van der Waals surface area (Å²) in [7, 11) is 3.14. The third-order valence-corrected chi connectivity index (χ3v) is 7.20. The summed E-state index contributed by atoms with van der Waals surface area (Å²) in [6.45, 7) is 11.5. The highest BCUT2D eigenvalue weighted by molar-refractivity contribution is 7.09. The second-order valence-corrected chi connectivity index (χ2v) is 12.0. The van der Waals surface area contributed by atoms with Crippen LogP contribution in [-0.2, 0) is 27.1 Å². The number of amides is 2. The Kier molecular flexibility index (Phi) is 11.8. The standard InChI is InChI=1S/C29H43N3O5S/c1-19(2)24(32(7)28(35)37-29(4,5)6)14-15-25-31-23(18-38-25)26(33)30-22(16-20(3)27(34)36-8)17-21-12-10-9-11-13-21/h9-13,18-20,22,24H,14-17H2,1-8H3,(H,30,33)/t20-,22-,24+/m1/s1. The van der Waals surface area contributed by atoms with Crippen LogP contribution in [0.1, 0.15) is 75.4 Å². The number of aromatic nitrogens is 1. The maximum Gasteiger partial charge on any atom is 0.410 e. The molecule has 0 saturated carbocycles. The van der Waals surface area contributed by atoms with E-state index < -0.39 is 5.60 Å². The molecule has 0 aliphatic carbocycles. The molecular formula is C29H43N3O5S.